The number of aliphatic imine (C=N–C) groups is 1. The highest BCUT2D eigenvalue weighted by Gasteiger charge is 2.40. The number of piperazine rings is 1. The molecule has 198 valence electrons. The molecule has 0 aromatic carbocycles. The Bertz CT molecular complexity index is 1170. The van der Waals surface area contributed by atoms with Crippen molar-refractivity contribution in [3.63, 3.8) is 0 Å². The van der Waals surface area contributed by atoms with E-state index < -0.39 is 0 Å². The molecule has 0 saturated carbocycles. The van der Waals surface area contributed by atoms with Crippen molar-refractivity contribution in [3.05, 3.63) is 42.2 Å². The summed E-state index contributed by atoms with van der Waals surface area (Å²) >= 11 is 0. The number of ether oxygens (including phenoxy) is 3. The monoisotopic (exact) mass is 508 g/mol. The van der Waals surface area contributed by atoms with Crippen molar-refractivity contribution >= 4 is 23.0 Å². The van der Waals surface area contributed by atoms with E-state index in [1.807, 2.05) is 10.7 Å². The first kappa shape index (κ1) is 24.4. The topological polar surface area (TPSA) is 92.9 Å². The van der Waals surface area contributed by atoms with E-state index in [4.69, 9.17) is 19.2 Å². The molecule has 4 aliphatic rings. The lowest BCUT2D eigenvalue weighted by Gasteiger charge is -2.42. The lowest BCUT2D eigenvalue weighted by molar-refractivity contribution is -0.104. The van der Waals surface area contributed by atoms with Crippen molar-refractivity contribution in [3.8, 4) is 0 Å². The zero-order chi connectivity index (χ0) is 25.2. The van der Waals surface area contributed by atoms with Crippen LogP contribution in [0.5, 0.6) is 0 Å². The van der Waals surface area contributed by atoms with E-state index in [-0.39, 0.29) is 23.7 Å². The van der Waals surface area contributed by atoms with E-state index in [1.54, 1.807) is 4.90 Å². The second-order valence-corrected chi connectivity index (χ2v) is 10.3. The summed E-state index contributed by atoms with van der Waals surface area (Å²) in [5.74, 6) is 0.273. The van der Waals surface area contributed by atoms with E-state index in [9.17, 15) is 4.79 Å². The van der Waals surface area contributed by atoms with E-state index in [1.165, 1.54) is 0 Å². The number of allylic oxidation sites excluding steroid dienone is 1. The molecule has 3 saturated heterocycles. The third-order valence-corrected chi connectivity index (χ3v) is 7.97. The molecule has 0 aliphatic carbocycles. The number of rotatable bonds is 6. The molecule has 6 heterocycles. The standard InChI is InChI=1S/C27H36N6O4/c1-2-36-27(7-3-8-28-19-27)21-4-5-23(29-15-21)20-14-25-24(6-9-30-33(25)16-20)31-10-12-32(13-11-31)26(34)37-22-17-35-18-22/h4-6,9,14,16,21-22,28H,2-3,7-8,10-13,15,17-19H2,1H3/t21?,27-/m1/s1. The Labute approximate surface area is 217 Å². The Morgan fingerprint density at radius 2 is 2.14 bits per heavy atom. The van der Waals surface area contributed by atoms with E-state index in [2.05, 4.69) is 52.7 Å². The van der Waals surface area contributed by atoms with Gasteiger partial charge >= 0.3 is 6.09 Å². The summed E-state index contributed by atoms with van der Waals surface area (Å²) in [5.41, 5.74) is 4.03. The Morgan fingerprint density at radius 3 is 2.81 bits per heavy atom. The van der Waals surface area contributed by atoms with Gasteiger partial charge in [0.2, 0.25) is 0 Å². The summed E-state index contributed by atoms with van der Waals surface area (Å²) in [7, 11) is 0. The maximum Gasteiger partial charge on any atom is 0.410 e. The van der Waals surface area contributed by atoms with Gasteiger partial charge < -0.3 is 29.3 Å². The number of anilines is 1. The van der Waals surface area contributed by atoms with Crippen LogP contribution >= 0.6 is 0 Å². The lowest BCUT2D eigenvalue weighted by Crippen LogP contribution is -2.53. The Kier molecular flexibility index (Phi) is 6.88. The van der Waals surface area contributed by atoms with Crippen LogP contribution in [0.3, 0.4) is 0 Å². The third-order valence-electron chi connectivity index (χ3n) is 7.97. The number of fused-ring (bicyclic) bond motifs is 1. The number of carbonyl (C=O) groups excluding carboxylic acids is 1. The Hall–Kier alpha value is -2.95. The van der Waals surface area contributed by atoms with Gasteiger partial charge in [-0.2, -0.15) is 5.10 Å². The minimum Gasteiger partial charge on any atom is -0.441 e. The number of hydrogen-bond donors (Lipinski definition) is 1. The average Bonchev–Trinajstić information content (AvgIpc) is 3.36. The van der Waals surface area contributed by atoms with Gasteiger partial charge in [-0.3, -0.25) is 4.99 Å². The maximum absolute atomic E-state index is 12.4. The van der Waals surface area contributed by atoms with Gasteiger partial charge in [-0.15, -0.1) is 0 Å². The molecule has 6 rings (SSSR count). The Balaban J connectivity index is 1.14. The number of aromatic nitrogens is 2. The van der Waals surface area contributed by atoms with Gasteiger partial charge in [0.1, 0.15) is 0 Å². The molecule has 2 atom stereocenters. The maximum atomic E-state index is 12.4. The van der Waals surface area contributed by atoms with Crippen molar-refractivity contribution < 1.29 is 19.0 Å². The molecule has 0 spiro atoms. The number of carbonyl (C=O) groups is 1. The van der Waals surface area contributed by atoms with Crippen molar-refractivity contribution in [2.75, 3.05) is 70.5 Å². The molecular weight excluding hydrogens is 472 g/mol. The van der Waals surface area contributed by atoms with Crippen LogP contribution in [0, 0.1) is 5.92 Å². The van der Waals surface area contributed by atoms with Crippen LogP contribution in [-0.2, 0) is 14.2 Å². The van der Waals surface area contributed by atoms with Gasteiger partial charge in [0, 0.05) is 69.8 Å². The van der Waals surface area contributed by atoms with Crippen molar-refractivity contribution in [1.29, 1.82) is 0 Å². The Morgan fingerprint density at radius 1 is 1.27 bits per heavy atom. The number of nitrogens with zero attached hydrogens (tertiary/aromatic N) is 5. The summed E-state index contributed by atoms with van der Waals surface area (Å²) < 4.78 is 18.8. The highest BCUT2D eigenvalue weighted by atomic mass is 16.6. The summed E-state index contributed by atoms with van der Waals surface area (Å²) in [5, 5.41) is 8.07. The van der Waals surface area contributed by atoms with Crippen LogP contribution < -0.4 is 10.2 Å². The lowest BCUT2D eigenvalue weighted by atomic mass is 9.79. The molecule has 2 aromatic rings. The van der Waals surface area contributed by atoms with Crippen LogP contribution in [-0.4, -0.2) is 104 Å². The fraction of sp³-hybridized carbons (Fsp3) is 0.593. The first-order valence-corrected chi connectivity index (χ1v) is 13.5. The molecular formula is C27H36N6O4. The highest BCUT2D eigenvalue weighted by Crippen LogP contribution is 2.33. The van der Waals surface area contributed by atoms with E-state index in [0.29, 0.717) is 32.9 Å². The minimum atomic E-state index is -0.242. The van der Waals surface area contributed by atoms with Gasteiger partial charge in [-0.25, -0.2) is 9.31 Å². The smallest absolute Gasteiger partial charge is 0.410 e. The van der Waals surface area contributed by atoms with Gasteiger partial charge in [0.25, 0.3) is 0 Å². The summed E-state index contributed by atoms with van der Waals surface area (Å²) in [6, 6.07) is 4.22. The number of hydrogen-bond acceptors (Lipinski definition) is 8. The van der Waals surface area contributed by atoms with Gasteiger partial charge in [0.15, 0.2) is 6.10 Å². The van der Waals surface area contributed by atoms with Crippen LogP contribution in [0.15, 0.2) is 41.7 Å². The zero-order valence-corrected chi connectivity index (χ0v) is 21.5. The number of amides is 1. The van der Waals surface area contributed by atoms with Crippen molar-refractivity contribution in [1.82, 2.24) is 19.8 Å². The molecule has 37 heavy (non-hydrogen) atoms. The highest BCUT2D eigenvalue weighted by molar-refractivity contribution is 6.10. The number of nitrogens with one attached hydrogen (secondary N) is 1. The third kappa shape index (κ3) is 4.85. The molecule has 10 heteroatoms. The molecule has 0 bridgehead atoms. The van der Waals surface area contributed by atoms with Gasteiger partial charge in [0.05, 0.1) is 35.7 Å². The van der Waals surface area contributed by atoms with E-state index >= 15 is 0 Å². The molecule has 2 aromatic heterocycles. The summed E-state index contributed by atoms with van der Waals surface area (Å²) in [6.45, 7) is 9.20. The van der Waals surface area contributed by atoms with Crippen LogP contribution in [0.2, 0.25) is 0 Å². The second-order valence-electron chi connectivity index (χ2n) is 10.3. The first-order valence-electron chi connectivity index (χ1n) is 13.5. The number of dihydropyridines is 1. The summed E-state index contributed by atoms with van der Waals surface area (Å²) in [6.07, 6.45) is 10.2. The van der Waals surface area contributed by atoms with Crippen molar-refractivity contribution in [2.45, 2.75) is 31.5 Å². The molecule has 4 aliphatic heterocycles. The molecule has 0 radical (unpaired) electrons. The number of piperidine rings is 1. The second kappa shape index (κ2) is 10.4. The zero-order valence-electron chi connectivity index (χ0n) is 21.5. The SMILES string of the molecule is CCO[C@]1(C2C=CC(c3cc4c(N5CCN(C(=O)OC6COC6)CC5)ccnn4c3)=NC2)CCCNC1. The average molecular weight is 509 g/mol. The van der Waals surface area contributed by atoms with E-state index in [0.717, 1.165) is 68.0 Å². The fourth-order valence-corrected chi connectivity index (χ4v) is 5.82. The minimum absolute atomic E-state index is 0.0967. The predicted octanol–water partition coefficient (Wildman–Crippen LogP) is 2.13. The van der Waals surface area contributed by atoms with Crippen LogP contribution in [0.4, 0.5) is 10.5 Å². The van der Waals surface area contributed by atoms with Gasteiger partial charge in [-0.1, -0.05) is 6.08 Å². The largest absolute Gasteiger partial charge is 0.441 e. The molecule has 10 nitrogen and oxygen atoms in total. The fourth-order valence-electron chi connectivity index (χ4n) is 5.82. The predicted molar refractivity (Wildman–Crippen MR) is 141 cm³/mol. The normalized spacial score (nSPS) is 26.7. The molecule has 3 fully saturated rings. The van der Waals surface area contributed by atoms with Crippen LogP contribution in [0.25, 0.3) is 5.52 Å². The molecule has 1 N–H and O–H groups in total. The first-order chi connectivity index (χ1) is 18.1. The van der Waals surface area contributed by atoms with Gasteiger partial charge in [-0.05, 0) is 44.5 Å². The molecule has 1 unspecified atom stereocenters. The van der Waals surface area contributed by atoms with Crippen molar-refractivity contribution in [2.24, 2.45) is 10.9 Å². The quantitative estimate of drug-likeness (QED) is 0.639. The summed E-state index contributed by atoms with van der Waals surface area (Å²) in [4.78, 5) is 21.5. The molecule has 1 amide bonds. The van der Waals surface area contributed by atoms with Crippen LogP contribution in [0.1, 0.15) is 25.3 Å².